The van der Waals surface area contributed by atoms with Crippen LogP contribution in [0.25, 0.3) is 33.1 Å². The van der Waals surface area contributed by atoms with E-state index in [1.54, 1.807) is 7.11 Å². The fourth-order valence-electron chi connectivity index (χ4n) is 3.20. The van der Waals surface area contributed by atoms with Crippen molar-refractivity contribution in [3.8, 4) is 11.1 Å². The summed E-state index contributed by atoms with van der Waals surface area (Å²) >= 11 is 0. The van der Waals surface area contributed by atoms with Gasteiger partial charge >= 0.3 is 5.63 Å². The number of rotatable bonds is 5. The van der Waals surface area contributed by atoms with Gasteiger partial charge in [-0.3, -0.25) is 0 Å². The average molecular weight is 349 g/mol. The molecule has 0 aliphatic heterocycles. The van der Waals surface area contributed by atoms with Gasteiger partial charge in [0.25, 0.3) is 0 Å². The standard InChI is InChI=1S/C21H19NO4/c1-13-7-6-10-15-18(13)26-21(23)17-16(14-8-4-3-5-9-14)20(25-19(15)17)22-11-12-24-2/h3-10,22H,11-12H2,1-2H3. The van der Waals surface area contributed by atoms with Crippen molar-refractivity contribution in [3.05, 3.63) is 64.5 Å². The second-order valence-corrected chi connectivity index (χ2v) is 6.14. The van der Waals surface area contributed by atoms with Gasteiger partial charge in [-0.05, 0) is 24.1 Å². The Hall–Kier alpha value is -3.05. The van der Waals surface area contributed by atoms with Crippen molar-refractivity contribution in [2.75, 3.05) is 25.6 Å². The molecule has 0 saturated heterocycles. The highest BCUT2D eigenvalue weighted by Gasteiger charge is 2.22. The van der Waals surface area contributed by atoms with E-state index in [9.17, 15) is 4.79 Å². The number of hydrogen-bond acceptors (Lipinski definition) is 5. The van der Waals surface area contributed by atoms with E-state index >= 15 is 0 Å². The van der Waals surface area contributed by atoms with Crippen molar-refractivity contribution >= 4 is 27.8 Å². The Bertz CT molecular complexity index is 1130. The predicted octanol–water partition coefficient (Wildman–Crippen LogP) is 4.57. The van der Waals surface area contributed by atoms with Gasteiger partial charge in [0.2, 0.25) is 5.88 Å². The smallest absolute Gasteiger partial charge is 0.348 e. The number of aryl methyl sites for hydroxylation is 1. The minimum Gasteiger partial charge on any atom is -0.439 e. The van der Waals surface area contributed by atoms with E-state index in [0.717, 1.165) is 16.5 Å². The first-order chi connectivity index (χ1) is 12.7. The van der Waals surface area contributed by atoms with E-state index in [1.165, 1.54) is 0 Å². The molecule has 5 nitrogen and oxygen atoms in total. The molecule has 0 radical (unpaired) electrons. The summed E-state index contributed by atoms with van der Waals surface area (Å²) in [4.78, 5) is 12.8. The van der Waals surface area contributed by atoms with Gasteiger partial charge in [0, 0.05) is 13.7 Å². The van der Waals surface area contributed by atoms with Crippen LogP contribution in [0.15, 0.2) is 62.2 Å². The predicted molar refractivity (Wildman–Crippen MR) is 103 cm³/mol. The van der Waals surface area contributed by atoms with E-state index in [1.807, 2.05) is 55.5 Å². The maximum absolute atomic E-state index is 12.8. The van der Waals surface area contributed by atoms with Crippen molar-refractivity contribution in [1.29, 1.82) is 0 Å². The van der Waals surface area contributed by atoms with Crippen molar-refractivity contribution in [2.24, 2.45) is 0 Å². The number of fused-ring (bicyclic) bond motifs is 3. The van der Waals surface area contributed by atoms with Crippen LogP contribution in [-0.4, -0.2) is 20.3 Å². The van der Waals surface area contributed by atoms with Gasteiger partial charge in [-0.15, -0.1) is 0 Å². The third-order valence-corrected chi connectivity index (χ3v) is 4.42. The Morgan fingerprint density at radius 2 is 1.81 bits per heavy atom. The van der Waals surface area contributed by atoms with Gasteiger partial charge in [-0.1, -0.05) is 42.5 Å². The summed E-state index contributed by atoms with van der Waals surface area (Å²) in [5.41, 5.74) is 3.21. The van der Waals surface area contributed by atoms with Gasteiger partial charge in [0.15, 0.2) is 5.58 Å². The summed E-state index contributed by atoms with van der Waals surface area (Å²) in [5, 5.41) is 4.48. The molecule has 2 aromatic heterocycles. The zero-order chi connectivity index (χ0) is 18.1. The number of methoxy groups -OCH3 is 1. The topological polar surface area (TPSA) is 64.6 Å². The molecule has 5 heteroatoms. The molecule has 0 aliphatic rings. The van der Waals surface area contributed by atoms with Crippen molar-refractivity contribution in [1.82, 2.24) is 0 Å². The molecule has 4 aromatic rings. The lowest BCUT2D eigenvalue weighted by molar-refractivity contribution is 0.210. The van der Waals surface area contributed by atoms with E-state index in [4.69, 9.17) is 13.6 Å². The molecule has 0 amide bonds. The Kier molecular flexibility index (Phi) is 4.22. The zero-order valence-electron chi connectivity index (χ0n) is 14.7. The molecule has 0 spiro atoms. The summed E-state index contributed by atoms with van der Waals surface area (Å²) in [6.45, 7) is 3.01. The lowest BCUT2D eigenvalue weighted by Gasteiger charge is -2.05. The summed E-state index contributed by atoms with van der Waals surface area (Å²) in [5.74, 6) is 0.546. The van der Waals surface area contributed by atoms with Crippen LogP contribution in [0, 0.1) is 6.92 Å². The van der Waals surface area contributed by atoms with Crippen LogP contribution in [0.4, 0.5) is 5.88 Å². The molecule has 2 heterocycles. The largest absolute Gasteiger partial charge is 0.439 e. The molecule has 1 N–H and O–H groups in total. The van der Waals surface area contributed by atoms with E-state index in [0.29, 0.717) is 41.2 Å². The van der Waals surface area contributed by atoms with E-state index < -0.39 is 5.63 Å². The number of ether oxygens (including phenoxy) is 1. The summed E-state index contributed by atoms with van der Waals surface area (Å²) in [6.07, 6.45) is 0. The van der Waals surface area contributed by atoms with Crippen LogP contribution in [0.3, 0.4) is 0 Å². The lowest BCUT2D eigenvalue weighted by atomic mass is 10.0. The fraction of sp³-hybridized carbons (Fsp3) is 0.190. The Balaban J connectivity index is 2.05. The number of furan rings is 1. The summed E-state index contributed by atoms with van der Waals surface area (Å²) < 4.78 is 16.9. The number of benzene rings is 2. The van der Waals surface area contributed by atoms with E-state index in [-0.39, 0.29) is 0 Å². The van der Waals surface area contributed by atoms with Crippen LogP contribution in [0.2, 0.25) is 0 Å². The highest BCUT2D eigenvalue weighted by Crippen LogP contribution is 2.39. The van der Waals surface area contributed by atoms with Gasteiger partial charge < -0.3 is 18.9 Å². The molecule has 26 heavy (non-hydrogen) atoms. The second-order valence-electron chi connectivity index (χ2n) is 6.14. The highest BCUT2D eigenvalue weighted by molar-refractivity contribution is 6.10. The Morgan fingerprint density at radius 1 is 1.00 bits per heavy atom. The van der Waals surface area contributed by atoms with Crippen LogP contribution < -0.4 is 10.9 Å². The maximum Gasteiger partial charge on any atom is 0.348 e. The number of para-hydroxylation sites is 1. The normalized spacial score (nSPS) is 11.3. The SMILES string of the molecule is COCCNc1oc2c(c1-c1ccccc1)c(=O)oc1c(C)cccc12. The highest BCUT2D eigenvalue weighted by atomic mass is 16.5. The minimum atomic E-state index is -0.399. The average Bonchev–Trinajstić information content (AvgIpc) is 3.04. The molecule has 0 aliphatic carbocycles. The van der Waals surface area contributed by atoms with Crippen LogP contribution in [-0.2, 0) is 4.74 Å². The Labute approximate surface area is 150 Å². The molecular formula is C21H19NO4. The van der Waals surface area contributed by atoms with Gasteiger partial charge in [0.05, 0.1) is 17.6 Å². The van der Waals surface area contributed by atoms with Crippen LogP contribution in [0.1, 0.15) is 5.56 Å². The molecule has 132 valence electrons. The minimum absolute atomic E-state index is 0.399. The fourth-order valence-corrected chi connectivity index (χ4v) is 3.20. The molecule has 0 saturated carbocycles. The van der Waals surface area contributed by atoms with Crippen molar-refractivity contribution < 1.29 is 13.6 Å². The first kappa shape index (κ1) is 16.4. The van der Waals surface area contributed by atoms with Gasteiger partial charge in [-0.25, -0.2) is 4.79 Å². The maximum atomic E-state index is 12.8. The molecular weight excluding hydrogens is 330 g/mol. The number of nitrogens with one attached hydrogen (secondary N) is 1. The van der Waals surface area contributed by atoms with Gasteiger partial charge in [-0.2, -0.15) is 0 Å². The lowest BCUT2D eigenvalue weighted by Crippen LogP contribution is -2.07. The van der Waals surface area contributed by atoms with Crippen LogP contribution in [0.5, 0.6) is 0 Å². The first-order valence-corrected chi connectivity index (χ1v) is 8.48. The van der Waals surface area contributed by atoms with Crippen LogP contribution >= 0.6 is 0 Å². The summed E-state index contributed by atoms with van der Waals surface area (Å²) in [6, 6.07) is 15.4. The molecule has 0 unspecified atom stereocenters. The second kappa shape index (κ2) is 6.69. The number of anilines is 1. The molecule has 0 bridgehead atoms. The number of hydrogen-bond donors (Lipinski definition) is 1. The quantitative estimate of drug-likeness (QED) is 0.422. The third-order valence-electron chi connectivity index (χ3n) is 4.42. The Morgan fingerprint density at radius 3 is 2.58 bits per heavy atom. The molecule has 4 rings (SSSR count). The summed E-state index contributed by atoms with van der Waals surface area (Å²) in [7, 11) is 1.64. The van der Waals surface area contributed by atoms with Crippen molar-refractivity contribution in [2.45, 2.75) is 6.92 Å². The molecule has 0 atom stereocenters. The first-order valence-electron chi connectivity index (χ1n) is 8.48. The van der Waals surface area contributed by atoms with Crippen molar-refractivity contribution in [3.63, 3.8) is 0 Å². The monoisotopic (exact) mass is 349 g/mol. The van der Waals surface area contributed by atoms with Gasteiger partial charge in [0.1, 0.15) is 11.0 Å². The molecule has 2 aromatic carbocycles. The zero-order valence-corrected chi connectivity index (χ0v) is 14.7. The molecule has 0 fully saturated rings. The van der Waals surface area contributed by atoms with E-state index in [2.05, 4.69) is 5.32 Å². The third kappa shape index (κ3) is 2.66.